The summed E-state index contributed by atoms with van der Waals surface area (Å²) in [4.78, 5) is 17.6. The lowest BCUT2D eigenvalue weighted by molar-refractivity contribution is -0.384. The van der Waals surface area contributed by atoms with Gasteiger partial charge in [0.1, 0.15) is 0 Å². The summed E-state index contributed by atoms with van der Waals surface area (Å²) in [5, 5.41) is 13.3. The lowest BCUT2D eigenvalue weighted by Crippen LogP contribution is -2.00. The zero-order valence-electron chi connectivity index (χ0n) is 10.1. The molecule has 7 nitrogen and oxygen atoms in total. The van der Waals surface area contributed by atoms with Crippen molar-refractivity contribution >= 4 is 27.6 Å². The third kappa shape index (κ3) is 2.99. The fourth-order valence-electron chi connectivity index (χ4n) is 1.33. The van der Waals surface area contributed by atoms with E-state index >= 15 is 0 Å². The summed E-state index contributed by atoms with van der Waals surface area (Å²) < 4.78 is 19.2. The van der Waals surface area contributed by atoms with Crippen LogP contribution in [0.25, 0.3) is 0 Å². The molecular formula is C11H8BrFN4O3. The van der Waals surface area contributed by atoms with Crippen molar-refractivity contribution in [2.75, 3.05) is 12.4 Å². The SMILES string of the molecule is CNc1ncc(F)c(Oc2cc([N+](=O)[O-])ccc2Br)n1. The zero-order chi connectivity index (χ0) is 14.7. The molecule has 0 saturated heterocycles. The maximum atomic E-state index is 13.6. The quantitative estimate of drug-likeness (QED) is 0.678. The second-order valence-corrected chi connectivity index (χ2v) is 4.42. The van der Waals surface area contributed by atoms with Gasteiger partial charge in [-0.1, -0.05) is 0 Å². The van der Waals surface area contributed by atoms with Crippen LogP contribution < -0.4 is 10.1 Å². The molecule has 0 amide bonds. The number of rotatable bonds is 4. The van der Waals surface area contributed by atoms with Crippen LogP contribution in [0.2, 0.25) is 0 Å². The Hall–Kier alpha value is -2.29. The number of nitro groups is 1. The summed E-state index contributed by atoms with van der Waals surface area (Å²) in [5.74, 6) is -0.852. The molecule has 0 unspecified atom stereocenters. The van der Waals surface area contributed by atoms with Gasteiger partial charge >= 0.3 is 0 Å². The van der Waals surface area contributed by atoms with Crippen molar-refractivity contribution < 1.29 is 14.1 Å². The van der Waals surface area contributed by atoms with E-state index in [0.29, 0.717) is 4.47 Å². The van der Waals surface area contributed by atoms with Crippen molar-refractivity contribution in [3.63, 3.8) is 0 Å². The molecule has 2 aromatic rings. The van der Waals surface area contributed by atoms with Gasteiger partial charge in [0.05, 0.1) is 21.7 Å². The molecule has 0 saturated carbocycles. The van der Waals surface area contributed by atoms with Crippen LogP contribution in [0, 0.1) is 15.9 Å². The fraction of sp³-hybridized carbons (Fsp3) is 0.0909. The predicted octanol–water partition coefficient (Wildman–Crippen LogP) is 3.12. The third-order valence-corrected chi connectivity index (χ3v) is 2.92. The molecule has 0 fully saturated rings. The van der Waals surface area contributed by atoms with Crippen molar-refractivity contribution in [3.8, 4) is 11.6 Å². The molecule has 1 aromatic carbocycles. The van der Waals surface area contributed by atoms with E-state index in [2.05, 4.69) is 31.2 Å². The average molecular weight is 343 g/mol. The molecule has 104 valence electrons. The first kappa shape index (κ1) is 14.1. The normalized spacial score (nSPS) is 10.2. The van der Waals surface area contributed by atoms with Gasteiger partial charge in [0.15, 0.2) is 5.75 Å². The van der Waals surface area contributed by atoms with E-state index < -0.39 is 10.7 Å². The van der Waals surface area contributed by atoms with Crippen LogP contribution in [0.5, 0.6) is 11.6 Å². The van der Waals surface area contributed by atoms with Crippen LogP contribution in [-0.2, 0) is 0 Å². The molecular weight excluding hydrogens is 335 g/mol. The van der Waals surface area contributed by atoms with E-state index in [4.69, 9.17) is 4.74 Å². The molecule has 1 heterocycles. The number of hydrogen-bond donors (Lipinski definition) is 1. The van der Waals surface area contributed by atoms with Crippen LogP contribution in [0.1, 0.15) is 0 Å². The van der Waals surface area contributed by atoms with E-state index in [-0.39, 0.29) is 23.3 Å². The standard InChI is InChI=1S/C11H8BrFN4O3/c1-14-11-15-5-8(13)10(16-11)20-9-4-6(17(18)19)2-3-7(9)12/h2-5H,1H3,(H,14,15,16). The number of non-ortho nitro benzene ring substituents is 1. The number of ether oxygens (including phenoxy) is 1. The zero-order valence-corrected chi connectivity index (χ0v) is 11.7. The van der Waals surface area contributed by atoms with Gasteiger partial charge in [-0.2, -0.15) is 9.37 Å². The maximum Gasteiger partial charge on any atom is 0.273 e. The smallest absolute Gasteiger partial charge is 0.273 e. The van der Waals surface area contributed by atoms with Gasteiger partial charge in [-0.05, 0) is 22.0 Å². The first-order chi connectivity index (χ1) is 9.51. The first-order valence-corrected chi connectivity index (χ1v) is 6.12. The Morgan fingerprint density at radius 1 is 1.50 bits per heavy atom. The van der Waals surface area contributed by atoms with Crippen LogP contribution in [0.3, 0.4) is 0 Å². The topological polar surface area (TPSA) is 90.2 Å². The monoisotopic (exact) mass is 342 g/mol. The number of hydrogen-bond acceptors (Lipinski definition) is 6. The Bertz CT molecular complexity index is 668. The Balaban J connectivity index is 2.38. The highest BCUT2D eigenvalue weighted by Gasteiger charge is 2.14. The van der Waals surface area contributed by atoms with Gasteiger partial charge in [0, 0.05) is 13.1 Å². The lowest BCUT2D eigenvalue weighted by Gasteiger charge is -2.08. The molecule has 0 aliphatic carbocycles. The van der Waals surface area contributed by atoms with Crippen LogP contribution in [-0.4, -0.2) is 21.9 Å². The maximum absolute atomic E-state index is 13.6. The van der Waals surface area contributed by atoms with E-state index in [1.807, 2.05) is 0 Å². The van der Waals surface area contributed by atoms with Crippen LogP contribution >= 0.6 is 15.9 Å². The third-order valence-electron chi connectivity index (χ3n) is 2.27. The number of aromatic nitrogens is 2. The van der Waals surface area contributed by atoms with Gasteiger partial charge < -0.3 is 10.1 Å². The summed E-state index contributed by atoms with van der Waals surface area (Å²) in [5.41, 5.74) is -0.175. The lowest BCUT2D eigenvalue weighted by atomic mass is 10.3. The first-order valence-electron chi connectivity index (χ1n) is 5.33. The molecule has 0 aliphatic rings. The number of nitrogens with zero attached hydrogens (tertiary/aromatic N) is 3. The average Bonchev–Trinajstić information content (AvgIpc) is 2.43. The minimum atomic E-state index is -0.776. The van der Waals surface area contributed by atoms with Crippen molar-refractivity contribution in [2.24, 2.45) is 0 Å². The summed E-state index contributed by atoms with van der Waals surface area (Å²) in [6, 6.07) is 3.91. The van der Waals surface area contributed by atoms with Crippen LogP contribution in [0.4, 0.5) is 16.0 Å². The summed E-state index contributed by atoms with van der Waals surface area (Å²) >= 11 is 3.17. The molecule has 0 radical (unpaired) electrons. The molecule has 1 N–H and O–H groups in total. The van der Waals surface area contributed by atoms with Gasteiger partial charge in [-0.3, -0.25) is 10.1 Å². The Kier molecular flexibility index (Phi) is 4.08. The Morgan fingerprint density at radius 2 is 2.25 bits per heavy atom. The van der Waals surface area contributed by atoms with Gasteiger partial charge in [0.2, 0.25) is 11.8 Å². The van der Waals surface area contributed by atoms with E-state index in [9.17, 15) is 14.5 Å². The second kappa shape index (κ2) is 5.78. The Labute approximate surface area is 121 Å². The van der Waals surface area contributed by atoms with Crippen molar-refractivity contribution in [1.29, 1.82) is 0 Å². The number of halogens is 2. The minimum absolute atomic E-state index is 0.0823. The summed E-state index contributed by atoms with van der Waals surface area (Å²) in [6.07, 6.45) is 0.944. The van der Waals surface area contributed by atoms with Gasteiger partial charge in [-0.15, -0.1) is 0 Å². The van der Waals surface area contributed by atoms with E-state index in [1.165, 1.54) is 18.2 Å². The predicted molar refractivity (Wildman–Crippen MR) is 72.4 cm³/mol. The fourth-order valence-corrected chi connectivity index (χ4v) is 1.66. The molecule has 0 atom stereocenters. The highest BCUT2D eigenvalue weighted by Crippen LogP contribution is 2.33. The summed E-state index contributed by atoms with van der Waals surface area (Å²) in [6.45, 7) is 0. The van der Waals surface area contributed by atoms with Gasteiger partial charge in [0.25, 0.3) is 11.6 Å². The number of nitro benzene ring substituents is 1. The number of nitrogens with one attached hydrogen (secondary N) is 1. The van der Waals surface area contributed by atoms with Crippen molar-refractivity contribution in [1.82, 2.24) is 9.97 Å². The molecule has 0 spiro atoms. The number of benzene rings is 1. The van der Waals surface area contributed by atoms with Gasteiger partial charge in [-0.25, -0.2) is 4.98 Å². The van der Waals surface area contributed by atoms with Crippen molar-refractivity contribution in [3.05, 3.63) is 44.8 Å². The minimum Gasteiger partial charge on any atom is -0.435 e. The molecule has 2 rings (SSSR count). The second-order valence-electron chi connectivity index (χ2n) is 3.57. The molecule has 9 heteroatoms. The highest BCUT2D eigenvalue weighted by molar-refractivity contribution is 9.10. The Morgan fingerprint density at radius 3 is 2.90 bits per heavy atom. The highest BCUT2D eigenvalue weighted by atomic mass is 79.9. The van der Waals surface area contributed by atoms with Crippen molar-refractivity contribution in [2.45, 2.75) is 0 Å². The van der Waals surface area contributed by atoms with E-state index in [0.717, 1.165) is 6.20 Å². The largest absolute Gasteiger partial charge is 0.435 e. The molecule has 1 aromatic heterocycles. The number of anilines is 1. The molecule has 0 aliphatic heterocycles. The van der Waals surface area contributed by atoms with Crippen LogP contribution in [0.15, 0.2) is 28.9 Å². The summed E-state index contributed by atoms with van der Waals surface area (Å²) in [7, 11) is 1.57. The molecule has 20 heavy (non-hydrogen) atoms. The van der Waals surface area contributed by atoms with E-state index in [1.54, 1.807) is 7.05 Å². The molecule has 0 bridgehead atoms.